The molecule has 1 heterocycles. The summed E-state index contributed by atoms with van der Waals surface area (Å²) >= 11 is 1.64. The second kappa shape index (κ2) is 11.4. The van der Waals surface area contributed by atoms with Crippen LogP contribution in [0.4, 0.5) is 5.69 Å². The highest BCUT2D eigenvalue weighted by molar-refractivity contribution is 14.0. The lowest BCUT2D eigenvalue weighted by Crippen LogP contribution is -2.22. The predicted octanol–water partition coefficient (Wildman–Crippen LogP) is 3.94. The van der Waals surface area contributed by atoms with Gasteiger partial charge in [-0.1, -0.05) is 43.3 Å². The summed E-state index contributed by atoms with van der Waals surface area (Å²) in [5, 5.41) is 12.7. The highest BCUT2D eigenvalue weighted by Crippen LogP contribution is 2.16. The Bertz CT molecular complexity index is 696. The van der Waals surface area contributed by atoms with Gasteiger partial charge >= 0.3 is 0 Å². The fourth-order valence-electron chi connectivity index (χ4n) is 2.46. The van der Waals surface area contributed by atoms with Crippen LogP contribution in [0.5, 0.6) is 0 Å². The molecule has 0 radical (unpaired) electrons. The van der Waals surface area contributed by atoms with E-state index >= 15 is 0 Å². The fraction of sp³-hybridized carbons (Fsp3) is 0.500. The lowest BCUT2D eigenvalue weighted by atomic mass is 10.2. The van der Waals surface area contributed by atoms with E-state index in [0.29, 0.717) is 18.4 Å². The fourth-order valence-corrected chi connectivity index (χ4v) is 2.99. The standard InChI is InChI=1S/C18H28N6S.HI/c1-13(2)12-24-16(22-23-18(24)25-4)6-5-11-20-17(19)21-15-9-7-14(3)8-10-15;/h7-10,13H,5-6,11-12H2,1-4H3,(H3,19,20,21);1H. The zero-order valence-electron chi connectivity index (χ0n) is 15.9. The number of guanidine groups is 1. The quantitative estimate of drug-likeness (QED) is 0.194. The molecular formula is C18H29IN6S. The third-order valence-corrected chi connectivity index (χ3v) is 4.36. The van der Waals surface area contributed by atoms with Crippen molar-refractivity contribution in [3.63, 3.8) is 0 Å². The molecule has 6 nitrogen and oxygen atoms in total. The third-order valence-electron chi connectivity index (χ3n) is 3.69. The average molecular weight is 488 g/mol. The van der Waals surface area contributed by atoms with Crippen LogP contribution in [0.25, 0.3) is 0 Å². The molecule has 3 N–H and O–H groups in total. The van der Waals surface area contributed by atoms with E-state index in [4.69, 9.17) is 5.73 Å². The molecule has 0 fully saturated rings. The zero-order valence-corrected chi connectivity index (χ0v) is 19.0. The molecule has 0 saturated carbocycles. The Kier molecular flexibility index (Phi) is 10.0. The second-order valence-electron chi connectivity index (χ2n) is 6.47. The minimum atomic E-state index is 0. The Labute approximate surface area is 177 Å². The molecule has 0 aliphatic heterocycles. The van der Waals surface area contributed by atoms with Crippen LogP contribution < -0.4 is 11.1 Å². The summed E-state index contributed by atoms with van der Waals surface area (Å²) in [5.41, 5.74) is 8.12. The zero-order chi connectivity index (χ0) is 18.2. The largest absolute Gasteiger partial charge is 0.370 e. The Morgan fingerprint density at radius 1 is 1.27 bits per heavy atom. The van der Waals surface area contributed by atoms with Crippen LogP contribution in [-0.4, -0.2) is 33.5 Å². The Morgan fingerprint density at radius 2 is 1.96 bits per heavy atom. The molecule has 0 bridgehead atoms. The van der Waals surface area contributed by atoms with Crippen molar-refractivity contribution >= 4 is 47.4 Å². The first-order valence-electron chi connectivity index (χ1n) is 8.59. The highest BCUT2D eigenvalue weighted by atomic mass is 127. The van der Waals surface area contributed by atoms with Gasteiger partial charge < -0.3 is 15.6 Å². The minimum absolute atomic E-state index is 0. The summed E-state index contributed by atoms with van der Waals surface area (Å²) in [6.45, 7) is 8.07. The molecule has 1 aromatic heterocycles. The molecule has 8 heteroatoms. The number of aryl methyl sites for hydroxylation is 2. The molecule has 0 aliphatic rings. The average Bonchev–Trinajstić information content (AvgIpc) is 2.95. The predicted molar refractivity (Wildman–Crippen MR) is 122 cm³/mol. The number of anilines is 1. The van der Waals surface area contributed by atoms with Crippen LogP contribution in [0.15, 0.2) is 34.4 Å². The first-order valence-corrected chi connectivity index (χ1v) is 9.81. The van der Waals surface area contributed by atoms with Gasteiger partial charge in [0.1, 0.15) is 5.82 Å². The maximum atomic E-state index is 5.95. The number of nitrogens with zero attached hydrogens (tertiary/aromatic N) is 4. The van der Waals surface area contributed by atoms with Crippen LogP contribution in [-0.2, 0) is 13.0 Å². The Hall–Kier alpha value is -1.29. The monoisotopic (exact) mass is 488 g/mol. The lowest BCUT2D eigenvalue weighted by Gasteiger charge is -2.11. The number of benzene rings is 1. The van der Waals surface area contributed by atoms with E-state index in [2.05, 4.69) is 45.8 Å². The lowest BCUT2D eigenvalue weighted by molar-refractivity contribution is 0.477. The SMILES string of the molecule is CSc1nnc(CCCN=C(N)Nc2ccc(C)cc2)n1CC(C)C.I. The Balaban J connectivity index is 0.00000338. The maximum Gasteiger partial charge on any atom is 0.193 e. The number of nitrogens with two attached hydrogens (primary N) is 1. The molecule has 0 saturated heterocycles. The summed E-state index contributed by atoms with van der Waals surface area (Å²) < 4.78 is 2.22. The minimum Gasteiger partial charge on any atom is -0.370 e. The summed E-state index contributed by atoms with van der Waals surface area (Å²) in [5.74, 6) is 2.03. The van der Waals surface area contributed by atoms with Gasteiger partial charge in [-0.15, -0.1) is 34.2 Å². The van der Waals surface area contributed by atoms with Crippen molar-refractivity contribution < 1.29 is 0 Å². The van der Waals surface area contributed by atoms with Gasteiger partial charge in [0.15, 0.2) is 11.1 Å². The van der Waals surface area contributed by atoms with Crippen LogP contribution in [0.3, 0.4) is 0 Å². The molecule has 0 spiro atoms. The van der Waals surface area contributed by atoms with Crippen LogP contribution in [0.1, 0.15) is 31.7 Å². The van der Waals surface area contributed by atoms with Gasteiger partial charge in [0, 0.05) is 25.2 Å². The maximum absolute atomic E-state index is 5.95. The molecule has 2 rings (SSSR count). The van der Waals surface area contributed by atoms with Gasteiger partial charge in [-0.25, -0.2) is 0 Å². The van der Waals surface area contributed by atoms with Gasteiger partial charge in [0.05, 0.1) is 0 Å². The van der Waals surface area contributed by atoms with E-state index in [9.17, 15) is 0 Å². The van der Waals surface area contributed by atoms with E-state index in [-0.39, 0.29) is 24.0 Å². The smallest absolute Gasteiger partial charge is 0.193 e. The molecule has 1 aromatic carbocycles. The van der Waals surface area contributed by atoms with Crippen LogP contribution in [0, 0.1) is 12.8 Å². The van der Waals surface area contributed by atoms with Crippen molar-refractivity contribution in [3.05, 3.63) is 35.7 Å². The Morgan fingerprint density at radius 3 is 2.58 bits per heavy atom. The van der Waals surface area contributed by atoms with E-state index in [1.54, 1.807) is 11.8 Å². The van der Waals surface area contributed by atoms with Gasteiger partial charge in [0.25, 0.3) is 0 Å². The first-order chi connectivity index (χ1) is 12.0. The molecule has 0 atom stereocenters. The van der Waals surface area contributed by atoms with Gasteiger partial charge in [-0.3, -0.25) is 4.99 Å². The number of halogens is 1. The molecule has 26 heavy (non-hydrogen) atoms. The number of aromatic nitrogens is 3. The van der Waals surface area contributed by atoms with Crippen molar-refractivity contribution in [1.29, 1.82) is 0 Å². The van der Waals surface area contributed by atoms with Crippen molar-refractivity contribution in [3.8, 4) is 0 Å². The van der Waals surface area contributed by atoms with E-state index in [0.717, 1.165) is 36.1 Å². The second-order valence-corrected chi connectivity index (χ2v) is 7.24. The van der Waals surface area contributed by atoms with Gasteiger partial charge in [-0.05, 0) is 37.7 Å². The van der Waals surface area contributed by atoms with Crippen LogP contribution >= 0.6 is 35.7 Å². The summed E-state index contributed by atoms with van der Waals surface area (Å²) in [6, 6.07) is 8.08. The van der Waals surface area contributed by atoms with Crippen LogP contribution in [0.2, 0.25) is 0 Å². The van der Waals surface area contributed by atoms with Gasteiger partial charge in [0.2, 0.25) is 0 Å². The van der Waals surface area contributed by atoms with E-state index < -0.39 is 0 Å². The third kappa shape index (κ3) is 7.14. The van der Waals surface area contributed by atoms with Crippen molar-refractivity contribution in [2.24, 2.45) is 16.6 Å². The van der Waals surface area contributed by atoms with E-state index in [1.807, 2.05) is 30.5 Å². The molecule has 144 valence electrons. The molecule has 2 aromatic rings. The number of hydrogen-bond acceptors (Lipinski definition) is 4. The molecule has 0 amide bonds. The molecule has 0 aliphatic carbocycles. The van der Waals surface area contributed by atoms with E-state index in [1.165, 1.54) is 5.56 Å². The highest BCUT2D eigenvalue weighted by Gasteiger charge is 2.12. The topological polar surface area (TPSA) is 81.1 Å². The van der Waals surface area contributed by atoms with Crippen molar-refractivity contribution in [2.75, 3.05) is 18.1 Å². The normalized spacial score (nSPS) is 11.5. The van der Waals surface area contributed by atoms with Crippen molar-refractivity contribution in [1.82, 2.24) is 14.8 Å². The number of rotatable bonds is 8. The van der Waals surface area contributed by atoms with Crippen molar-refractivity contribution in [2.45, 2.75) is 45.3 Å². The summed E-state index contributed by atoms with van der Waals surface area (Å²) in [7, 11) is 0. The number of hydrogen-bond donors (Lipinski definition) is 2. The summed E-state index contributed by atoms with van der Waals surface area (Å²) in [6.07, 6.45) is 3.77. The number of nitrogens with one attached hydrogen (secondary N) is 1. The molecule has 0 unspecified atom stereocenters. The first kappa shape index (κ1) is 22.8. The van der Waals surface area contributed by atoms with Gasteiger partial charge in [-0.2, -0.15) is 0 Å². The number of thioether (sulfide) groups is 1. The molecular weight excluding hydrogens is 459 g/mol. The summed E-state index contributed by atoms with van der Waals surface area (Å²) in [4.78, 5) is 4.40. The number of aliphatic imine (C=N–C) groups is 1.